The normalized spacial score (nSPS) is 11.3. The van der Waals surface area contributed by atoms with Crippen molar-refractivity contribution in [1.29, 1.82) is 0 Å². The minimum Gasteiger partial charge on any atom is -0.228 e. The molecule has 0 radical (unpaired) electrons. The first-order valence-electron chi connectivity index (χ1n) is 18.4. The molecule has 0 N–H and O–H groups in total. The van der Waals surface area contributed by atoms with Crippen LogP contribution in [0.3, 0.4) is 0 Å². The molecule has 252 valence electrons. The highest BCUT2D eigenvalue weighted by Crippen LogP contribution is 2.42. The molecular formula is C52H34N2. The van der Waals surface area contributed by atoms with Crippen molar-refractivity contribution in [3.63, 3.8) is 0 Å². The SMILES string of the molecule is c1ccc(-c2ccc3c4ccccc4c4ccc(-c5ccccc5-c5ccccc5-c5nc(-c6ccccc6)cc(-c6ccccc6)n5)cc4c3c2)cc1. The Hall–Kier alpha value is -7.16. The molecule has 0 aliphatic heterocycles. The molecule has 0 saturated heterocycles. The summed E-state index contributed by atoms with van der Waals surface area (Å²) in [6.07, 6.45) is 0. The summed E-state index contributed by atoms with van der Waals surface area (Å²) in [5, 5.41) is 7.55. The average molecular weight is 687 g/mol. The molecule has 1 heterocycles. The average Bonchev–Trinajstić information content (AvgIpc) is 3.27. The number of aromatic nitrogens is 2. The largest absolute Gasteiger partial charge is 0.228 e. The van der Waals surface area contributed by atoms with Gasteiger partial charge in [-0.15, -0.1) is 0 Å². The summed E-state index contributed by atoms with van der Waals surface area (Å²) in [5.74, 6) is 0.699. The summed E-state index contributed by atoms with van der Waals surface area (Å²) in [6, 6.07) is 73.4. The summed E-state index contributed by atoms with van der Waals surface area (Å²) < 4.78 is 0. The van der Waals surface area contributed by atoms with Crippen LogP contribution in [-0.4, -0.2) is 9.97 Å². The van der Waals surface area contributed by atoms with E-state index < -0.39 is 0 Å². The Bertz CT molecular complexity index is 2910. The van der Waals surface area contributed by atoms with Gasteiger partial charge in [0.1, 0.15) is 0 Å². The number of benzene rings is 9. The maximum absolute atomic E-state index is 5.21. The Labute approximate surface area is 314 Å². The van der Waals surface area contributed by atoms with Gasteiger partial charge in [-0.1, -0.05) is 188 Å². The fourth-order valence-corrected chi connectivity index (χ4v) is 7.90. The fraction of sp³-hybridized carbons (Fsp3) is 0. The zero-order valence-electron chi connectivity index (χ0n) is 29.5. The monoisotopic (exact) mass is 686 g/mol. The van der Waals surface area contributed by atoms with Crippen LogP contribution in [0.15, 0.2) is 206 Å². The summed E-state index contributed by atoms with van der Waals surface area (Å²) >= 11 is 0. The molecule has 10 rings (SSSR count). The molecule has 0 bridgehead atoms. The molecule has 0 saturated carbocycles. The minimum atomic E-state index is 0.699. The van der Waals surface area contributed by atoms with Gasteiger partial charge in [0.2, 0.25) is 0 Å². The van der Waals surface area contributed by atoms with Gasteiger partial charge in [0.15, 0.2) is 5.82 Å². The van der Waals surface area contributed by atoms with Gasteiger partial charge >= 0.3 is 0 Å². The van der Waals surface area contributed by atoms with E-state index in [0.29, 0.717) is 5.82 Å². The number of hydrogen-bond acceptors (Lipinski definition) is 2. The highest BCUT2D eigenvalue weighted by molar-refractivity contribution is 6.26. The lowest BCUT2D eigenvalue weighted by molar-refractivity contribution is 1.18. The van der Waals surface area contributed by atoms with Gasteiger partial charge in [-0.25, -0.2) is 9.97 Å². The van der Waals surface area contributed by atoms with E-state index in [4.69, 9.17) is 9.97 Å². The Morgan fingerprint density at radius 2 is 0.611 bits per heavy atom. The van der Waals surface area contributed by atoms with Gasteiger partial charge < -0.3 is 0 Å². The van der Waals surface area contributed by atoms with Crippen LogP contribution in [0.5, 0.6) is 0 Å². The Morgan fingerprint density at radius 1 is 0.222 bits per heavy atom. The minimum absolute atomic E-state index is 0.699. The quantitative estimate of drug-likeness (QED) is 0.163. The van der Waals surface area contributed by atoms with Crippen LogP contribution < -0.4 is 0 Å². The van der Waals surface area contributed by atoms with Gasteiger partial charge in [-0.05, 0) is 83.9 Å². The number of hydrogen-bond donors (Lipinski definition) is 0. The molecule has 0 amide bonds. The Kier molecular flexibility index (Phi) is 7.85. The first-order chi connectivity index (χ1) is 26.8. The van der Waals surface area contributed by atoms with Gasteiger partial charge in [0.25, 0.3) is 0 Å². The van der Waals surface area contributed by atoms with Crippen molar-refractivity contribution < 1.29 is 0 Å². The molecule has 0 fully saturated rings. The zero-order chi connectivity index (χ0) is 35.8. The van der Waals surface area contributed by atoms with Crippen molar-refractivity contribution in [2.24, 2.45) is 0 Å². The molecule has 2 heteroatoms. The molecule has 54 heavy (non-hydrogen) atoms. The molecule has 0 aliphatic rings. The third-order valence-electron chi connectivity index (χ3n) is 10.5. The number of fused-ring (bicyclic) bond motifs is 6. The van der Waals surface area contributed by atoms with Crippen LogP contribution in [0, 0.1) is 0 Å². The molecule has 9 aromatic carbocycles. The van der Waals surface area contributed by atoms with Gasteiger partial charge in [-0.3, -0.25) is 0 Å². The van der Waals surface area contributed by atoms with Gasteiger partial charge in [0.05, 0.1) is 11.4 Å². The van der Waals surface area contributed by atoms with E-state index in [1.807, 2.05) is 12.1 Å². The van der Waals surface area contributed by atoms with Crippen molar-refractivity contribution in [2.45, 2.75) is 0 Å². The van der Waals surface area contributed by atoms with Gasteiger partial charge in [-0.2, -0.15) is 0 Å². The topological polar surface area (TPSA) is 25.8 Å². The standard InChI is InChI=1S/C52H34N2/c1-4-16-35(17-5-1)38-28-30-45-42-24-12-13-25-43(42)46-31-29-39(33-49(46)48(45)32-38)40-22-10-11-23-41(40)44-26-14-15-27-47(44)52-53-50(36-18-6-2-7-19-36)34-51(54-52)37-20-8-3-9-21-37/h1-34H. The van der Waals surface area contributed by atoms with Crippen LogP contribution in [0.4, 0.5) is 0 Å². The van der Waals surface area contributed by atoms with Crippen LogP contribution in [-0.2, 0) is 0 Å². The fourth-order valence-electron chi connectivity index (χ4n) is 7.90. The molecular weight excluding hydrogens is 653 g/mol. The molecule has 0 atom stereocenters. The maximum Gasteiger partial charge on any atom is 0.161 e. The van der Waals surface area contributed by atoms with Crippen molar-refractivity contribution in [3.05, 3.63) is 206 Å². The maximum atomic E-state index is 5.21. The van der Waals surface area contributed by atoms with E-state index in [9.17, 15) is 0 Å². The summed E-state index contributed by atoms with van der Waals surface area (Å²) in [4.78, 5) is 10.4. The van der Waals surface area contributed by atoms with E-state index >= 15 is 0 Å². The van der Waals surface area contributed by atoms with Crippen LogP contribution >= 0.6 is 0 Å². The second-order valence-corrected chi connectivity index (χ2v) is 13.7. The highest BCUT2D eigenvalue weighted by atomic mass is 14.9. The third kappa shape index (κ3) is 5.62. The first kappa shape index (κ1) is 31.6. The predicted octanol–water partition coefficient (Wildman–Crippen LogP) is 13.9. The van der Waals surface area contributed by atoms with E-state index in [-0.39, 0.29) is 0 Å². The number of nitrogens with zero attached hydrogens (tertiary/aromatic N) is 2. The molecule has 2 nitrogen and oxygen atoms in total. The zero-order valence-corrected chi connectivity index (χ0v) is 29.5. The molecule has 0 spiro atoms. The smallest absolute Gasteiger partial charge is 0.161 e. The molecule has 0 aliphatic carbocycles. The Morgan fingerprint density at radius 3 is 1.17 bits per heavy atom. The lowest BCUT2D eigenvalue weighted by atomic mass is 9.88. The lowest BCUT2D eigenvalue weighted by Crippen LogP contribution is -1.98. The Balaban J connectivity index is 1.17. The molecule has 1 aromatic heterocycles. The second kappa shape index (κ2) is 13.4. The summed E-state index contributed by atoms with van der Waals surface area (Å²) in [5.41, 5.74) is 11.9. The van der Waals surface area contributed by atoms with Crippen molar-refractivity contribution in [1.82, 2.24) is 9.97 Å². The van der Waals surface area contributed by atoms with E-state index in [1.54, 1.807) is 0 Å². The van der Waals surface area contributed by atoms with Crippen LogP contribution in [0.25, 0.3) is 99.6 Å². The van der Waals surface area contributed by atoms with Crippen molar-refractivity contribution in [2.75, 3.05) is 0 Å². The van der Waals surface area contributed by atoms with Crippen LogP contribution in [0.1, 0.15) is 0 Å². The molecule has 10 aromatic rings. The summed E-state index contributed by atoms with van der Waals surface area (Å²) in [7, 11) is 0. The van der Waals surface area contributed by atoms with Crippen LogP contribution in [0.2, 0.25) is 0 Å². The highest BCUT2D eigenvalue weighted by Gasteiger charge is 2.18. The van der Waals surface area contributed by atoms with E-state index in [1.165, 1.54) is 49.0 Å². The van der Waals surface area contributed by atoms with E-state index in [0.717, 1.165) is 44.8 Å². The third-order valence-corrected chi connectivity index (χ3v) is 10.5. The van der Waals surface area contributed by atoms with Gasteiger partial charge in [0, 0.05) is 16.7 Å². The lowest BCUT2D eigenvalue weighted by Gasteiger charge is -2.17. The van der Waals surface area contributed by atoms with Crippen molar-refractivity contribution in [3.8, 4) is 67.3 Å². The number of rotatable bonds is 6. The summed E-state index contributed by atoms with van der Waals surface area (Å²) in [6.45, 7) is 0. The van der Waals surface area contributed by atoms with E-state index in [2.05, 4.69) is 194 Å². The van der Waals surface area contributed by atoms with Crippen molar-refractivity contribution >= 4 is 32.3 Å². The second-order valence-electron chi connectivity index (χ2n) is 13.7. The predicted molar refractivity (Wildman–Crippen MR) is 227 cm³/mol. The first-order valence-corrected chi connectivity index (χ1v) is 18.4. The molecule has 0 unspecified atom stereocenters.